The van der Waals surface area contributed by atoms with Crippen LogP contribution in [0.15, 0.2) is 16.9 Å². The van der Waals surface area contributed by atoms with Gasteiger partial charge < -0.3 is 10.3 Å². The van der Waals surface area contributed by atoms with Crippen molar-refractivity contribution < 1.29 is 0 Å². The van der Waals surface area contributed by atoms with Gasteiger partial charge in [-0.05, 0) is 24.8 Å². The minimum atomic E-state index is 0.0780. The smallest absolute Gasteiger partial charge is 0.254 e. The van der Waals surface area contributed by atoms with Crippen molar-refractivity contribution in [3.8, 4) is 0 Å². The van der Waals surface area contributed by atoms with Crippen LogP contribution in [0.3, 0.4) is 0 Å². The molecule has 1 heterocycles. The predicted molar refractivity (Wildman–Crippen MR) is 70.0 cm³/mol. The molecule has 0 spiro atoms. The summed E-state index contributed by atoms with van der Waals surface area (Å²) < 4.78 is 1.80. The fourth-order valence-corrected chi connectivity index (χ4v) is 2.84. The number of hydrogen-bond donors (Lipinski definition) is 1. The van der Waals surface area contributed by atoms with Crippen molar-refractivity contribution in [2.75, 3.05) is 0 Å². The molecule has 1 aliphatic rings. The lowest BCUT2D eigenvalue weighted by molar-refractivity contribution is 0.547. The average molecular weight is 234 g/mol. The highest BCUT2D eigenvalue weighted by molar-refractivity contribution is 5.19. The van der Waals surface area contributed by atoms with E-state index in [9.17, 15) is 4.79 Å². The second-order valence-electron chi connectivity index (χ2n) is 5.04. The second-order valence-corrected chi connectivity index (χ2v) is 5.04. The lowest BCUT2D eigenvalue weighted by Crippen LogP contribution is -2.26. The number of nitrogens with two attached hydrogens (primary N) is 1. The summed E-state index contributed by atoms with van der Waals surface area (Å²) in [7, 11) is 1.88. The largest absolute Gasteiger partial charge is 0.326 e. The zero-order valence-electron chi connectivity index (χ0n) is 10.6. The minimum Gasteiger partial charge on any atom is -0.326 e. The molecule has 2 N–H and O–H groups in total. The van der Waals surface area contributed by atoms with Crippen molar-refractivity contribution in [2.45, 2.75) is 51.0 Å². The third-order valence-corrected chi connectivity index (χ3v) is 3.92. The molecular formula is C14H22N2O. The summed E-state index contributed by atoms with van der Waals surface area (Å²) in [4.78, 5) is 12.0. The average Bonchev–Trinajstić information content (AvgIpc) is 2.61. The van der Waals surface area contributed by atoms with E-state index in [1.807, 2.05) is 13.1 Å². The molecule has 0 amide bonds. The van der Waals surface area contributed by atoms with Crippen LogP contribution in [0.2, 0.25) is 0 Å². The number of pyridine rings is 1. The van der Waals surface area contributed by atoms with E-state index < -0.39 is 0 Å². The first-order valence-corrected chi connectivity index (χ1v) is 6.63. The Labute approximate surface area is 103 Å². The standard InChI is InChI=1S/C14H22N2O/c1-16-13(9-8-12(10-15)14(16)17)11-6-4-2-3-5-7-11/h8-9,11H,2-7,10,15H2,1H3. The maximum absolute atomic E-state index is 12.0. The molecular weight excluding hydrogens is 212 g/mol. The Morgan fingerprint density at radius 2 is 1.88 bits per heavy atom. The molecule has 1 aromatic rings. The number of rotatable bonds is 2. The molecule has 3 nitrogen and oxygen atoms in total. The molecule has 0 aromatic carbocycles. The molecule has 0 bridgehead atoms. The summed E-state index contributed by atoms with van der Waals surface area (Å²) in [5, 5.41) is 0. The molecule has 17 heavy (non-hydrogen) atoms. The first-order valence-electron chi connectivity index (χ1n) is 6.63. The van der Waals surface area contributed by atoms with Gasteiger partial charge in [-0.2, -0.15) is 0 Å². The highest BCUT2D eigenvalue weighted by Crippen LogP contribution is 2.30. The molecule has 0 atom stereocenters. The Morgan fingerprint density at radius 1 is 1.24 bits per heavy atom. The maximum Gasteiger partial charge on any atom is 0.254 e. The summed E-state index contributed by atoms with van der Waals surface area (Å²) >= 11 is 0. The van der Waals surface area contributed by atoms with Gasteiger partial charge >= 0.3 is 0 Å². The third-order valence-electron chi connectivity index (χ3n) is 3.92. The molecule has 0 unspecified atom stereocenters. The van der Waals surface area contributed by atoms with Gasteiger partial charge in [0.1, 0.15) is 0 Å². The van der Waals surface area contributed by atoms with E-state index in [0.29, 0.717) is 18.0 Å². The fraction of sp³-hybridized carbons (Fsp3) is 0.643. The molecule has 0 aliphatic heterocycles. The van der Waals surface area contributed by atoms with Crippen molar-refractivity contribution >= 4 is 0 Å². The maximum atomic E-state index is 12.0. The van der Waals surface area contributed by atoms with Crippen LogP contribution in [0.5, 0.6) is 0 Å². The summed E-state index contributed by atoms with van der Waals surface area (Å²) in [5.74, 6) is 0.557. The van der Waals surface area contributed by atoms with E-state index in [-0.39, 0.29) is 5.56 Å². The van der Waals surface area contributed by atoms with Crippen LogP contribution < -0.4 is 11.3 Å². The fourth-order valence-electron chi connectivity index (χ4n) is 2.84. The molecule has 2 rings (SSSR count). The Hall–Kier alpha value is -1.09. The van der Waals surface area contributed by atoms with Crippen LogP contribution in [-0.4, -0.2) is 4.57 Å². The Kier molecular flexibility index (Phi) is 4.00. The van der Waals surface area contributed by atoms with E-state index >= 15 is 0 Å². The highest BCUT2D eigenvalue weighted by atomic mass is 16.1. The van der Waals surface area contributed by atoms with Crippen LogP contribution in [-0.2, 0) is 13.6 Å². The van der Waals surface area contributed by atoms with Crippen molar-refractivity contribution in [3.05, 3.63) is 33.7 Å². The first kappa shape index (κ1) is 12.4. The topological polar surface area (TPSA) is 48.0 Å². The summed E-state index contributed by atoms with van der Waals surface area (Å²) in [6, 6.07) is 4.00. The third kappa shape index (κ3) is 2.60. The van der Waals surface area contributed by atoms with Gasteiger partial charge in [-0.3, -0.25) is 4.79 Å². The molecule has 94 valence electrons. The van der Waals surface area contributed by atoms with Gasteiger partial charge in [0, 0.05) is 24.8 Å². The van der Waals surface area contributed by atoms with Gasteiger partial charge in [0.15, 0.2) is 0 Å². The van der Waals surface area contributed by atoms with E-state index in [1.54, 1.807) is 4.57 Å². The molecule has 0 saturated heterocycles. The monoisotopic (exact) mass is 234 g/mol. The van der Waals surface area contributed by atoms with Gasteiger partial charge in [0.25, 0.3) is 5.56 Å². The van der Waals surface area contributed by atoms with Crippen molar-refractivity contribution in [1.82, 2.24) is 4.57 Å². The summed E-state index contributed by atoms with van der Waals surface area (Å²) in [5.41, 5.74) is 7.54. The molecule has 0 radical (unpaired) electrons. The number of hydrogen-bond acceptors (Lipinski definition) is 2. The van der Waals surface area contributed by atoms with Crippen LogP contribution in [0.25, 0.3) is 0 Å². The van der Waals surface area contributed by atoms with Gasteiger partial charge in [-0.25, -0.2) is 0 Å². The summed E-state index contributed by atoms with van der Waals surface area (Å²) in [6.45, 7) is 0.331. The summed E-state index contributed by atoms with van der Waals surface area (Å²) in [6.07, 6.45) is 7.69. The van der Waals surface area contributed by atoms with Gasteiger partial charge in [0.05, 0.1) is 0 Å². The van der Waals surface area contributed by atoms with Gasteiger partial charge in [0.2, 0.25) is 0 Å². The number of nitrogens with zero attached hydrogens (tertiary/aromatic N) is 1. The lowest BCUT2D eigenvalue weighted by Gasteiger charge is -2.18. The Morgan fingerprint density at radius 3 is 2.47 bits per heavy atom. The van der Waals surface area contributed by atoms with E-state index in [4.69, 9.17) is 5.73 Å². The molecule has 1 saturated carbocycles. The van der Waals surface area contributed by atoms with E-state index in [2.05, 4.69) is 6.07 Å². The molecule has 1 aromatic heterocycles. The Bertz CT molecular complexity index is 428. The van der Waals surface area contributed by atoms with Crippen LogP contribution >= 0.6 is 0 Å². The highest BCUT2D eigenvalue weighted by Gasteiger charge is 2.17. The van der Waals surface area contributed by atoms with E-state index in [1.165, 1.54) is 44.2 Å². The molecule has 3 heteroatoms. The second kappa shape index (κ2) is 5.50. The van der Waals surface area contributed by atoms with Gasteiger partial charge in [-0.1, -0.05) is 31.7 Å². The lowest BCUT2D eigenvalue weighted by atomic mass is 9.95. The normalized spacial score (nSPS) is 18.0. The Balaban J connectivity index is 2.31. The van der Waals surface area contributed by atoms with Crippen LogP contribution in [0.4, 0.5) is 0 Å². The zero-order valence-corrected chi connectivity index (χ0v) is 10.6. The predicted octanol–water partition coefficient (Wildman–Crippen LogP) is 2.28. The quantitative estimate of drug-likeness (QED) is 0.798. The first-order chi connectivity index (χ1) is 8.24. The zero-order chi connectivity index (χ0) is 12.3. The van der Waals surface area contributed by atoms with Crippen molar-refractivity contribution in [1.29, 1.82) is 0 Å². The SMILES string of the molecule is Cn1c(C2CCCCCC2)ccc(CN)c1=O. The van der Waals surface area contributed by atoms with Crippen molar-refractivity contribution in [3.63, 3.8) is 0 Å². The number of aromatic nitrogens is 1. The van der Waals surface area contributed by atoms with Crippen LogP contribution in [0.1, 0.15) is 55.7 Å². The van der Waals surface area contributed by atoms with E-state index in [0.717, 1.165) is 0 Å². The molecule has 1 aliphatic carbocycles. The minimum absolute atomic E-state index is 0.0780. The van der Waals surface area contributed by atoms with Crippen molar-refractivity contribution in [2.24, 2.45) is 12.8 Å². The molecule has 1 fully saturated rings. The van der Waals surface area contributed by atoms with Gasteiger partial charge in [-0.15, -0.1) is 0 Å². The van der Waals surface area contributed by atoms with Crippen LogP contribution in [0, 0.1) is 0 Å².